The van der Waals surface area contributed by atoms with Crippen LogP contribution >= 0.6 is 12.4 Å². The van der Waals surface area contributed by atoms with Crippen LogP contribution in [0.5, 0.6) is 11.5 Å². The summed E-state index contributed by atoms with van der Waals surface area (Å²) >= 11 is 0. The topological polar surface area (TPSA) is 73.6 Å². The predicted octanol–water partition coefficient (Wildman–Crippen LogP) is 1.58. The van der Waals surface area contributed by atoms with Crippen LogP contribution in [-0.2, 0) is 10.2 Å². The van der Waals surface area contributed by atoms with Crippen molar-refractivity contribution in [2.45, 2.75) is 32.2 Å². The number of amides is 1. The fourth-order valence-corrected chi connectivity index (χ4v) is 1.89. The van der Waals surface area contributed by atoms with Crippen LogP contribution in [0.3, 0.4) is 0 Å². The SMILES string of the molecule is C[C@@H](N)C(=O)NCC(C)(C)c1ccc2c(c1)OCO2.Cl. The molecule has 20 heavy (non-hydrogen) atoms. The van der Waals surface area contributed by atoms with Crippen molar-refractivity contribution < 1.29 is 14.3 Å². The Morgan fingerprint density at radius 1 is 1.40 bits per heavy atom. The van der Waals surface area contributed by atoms with E-state index in [2.05, 4.69) is 19.2 Å². The van der Waals surface area contributed by atoms with Gasteiger partial charge < -0.3 is 20.5 Å². The molecule has 1 aromatic rings. The molecule has 1 aromatic carbocycles. The Kier molecular flexibility index (Phi) is 5.25. The zero-order valence-corrected chi connectivity index (χ0v) is 12.8. The van der Waals surface area contributed by atoms with Crippen LogP contribution in [0.2, 0.25) is 0 Å². The summed E-state index contributed by atoms with van der Waals surface area (Å²) < 4.78 is 10.7. The first-order valence-electron chi connectivity index (χ1n) is 6.33. The minimum Gasteiger partial charge on any atom is -0.454 e. The van der Waals surface area contributed by atoms with E-state index in [0.29, 0.717) is 6.54 Å². The molecule has 0 aliphatic carbocycles. The van der Waals surface area contributed by atoms with Gasteiger partial charge in [0.05, 0.1) is 6.04 Å². The van der Waals surface area contributed by atoms with Gasteiger partial charge in [-0.2, -0.15) is 0 Å². The van der Waals surface area contributed by atoms with Gasteiger partial charge in [-0.3, -0.25) is 4.79 Å². The molecular formula is C14H21ClN2O3. The summed E-state index contributed by atoms with van der Waals surface area (Å²) in [5.74, 6) is 1.37. The average Bonchev–Trinajstić information content (AvgIpc) is 2.82. The lowest BCUT2D eigenvalue weighted by Gasteiger charge is -2.26. The van der Waals surface area contributed by atoms with Gasteiger partial charge in [0, 0.05) is 12.0 Å². The van der Waals surface area contributed by atoms with Gasteiger partial charge in [0.1, 0.15) is 0 Å². The second kappa shape index (κ2) is 6.33. The number of hydrogen-bond acceptors (Lipinski definition) is 4. The lowest BCUT2D eigenvalue weighted by Crippen LogP contribution is -2.43. The first-order chi connectivity index (χ1) is 8.90. The largest absolute Gasteiger partial charge is 0.454 e. The van der Waals surface area contributed by atoms with Crippen LogP contribution in [0.4, 0.5) is 0 Å². The van der Waals surface area contributed by atoms with E-state index >= 15 is 0 Å². The summed E-state index contributed by atoms with van der Waals surface area (Å²) in [6.45, 7) is 6.58. The molecular weight excluding hydrogens is 280 g/mol. The van der Waals surface area contributed by atoms with Crippen molar-refractivity contribution in [2.24, 2.45) is 5.73 Å². The number of nitrogens with one attached hydrogen (secondary N) is 1. The van der Waals surface area contributed by atoms with Gasteiger partial charge in [0.15, 0.2) is 11.5 Å². The van der Waals surface area contributed by atoms with Gasteiger partial charge in [0.25, 0.3) is 0 Å². The molecule has 3 N–H and O–H groups in total. The van der Waals surface area contributed by atoms with E-state index in [1.165, 1.54) is 0 Å². The number of nitrogens with two attached hydrogens (primary N) is 1. The Hall–Kier alpha value is -1.46. The Bertz CT molecular complexity index is 489. The average molecular weight is 301 g/mol. The van der Waals surface area contributed by atoms with Crippen LogP contribution in [0.25, 0.3) is 0 Å². The van der Waals surface area contributed by atoms with Crippen LogP contribution in [-0.4, -0.2) is 25.3 Å². The molecule has 0 saturated carbocycles. The van der Waals surface area contributed by atoms with Gasteiger partial charge in [0.2, 0.25) is 12.7 Å². The summed E-state index contributed by atoms with van der Waals surface area (Å²) in [5, 5.41) is 2.85. The van der Waals surface area contributed by atoms with Gasteiger partial charge in [-0.25, -0.2) is 0 Å². The predicted molar refractivity (Wildman–Crippen MR) is 79.5 cm³/mol. The summed E-state index contributed by atoms with van der Waals surface area (Å²) in [5.41, 5.74) is 6.41. The van der Waals surface area contributed by atoms with Crippen LogP contribution < -0.4 is 20.5 Å². The quantitative estimate of drug-likeness (QED) is 0.885. The van der Waals surface area contributed by atoms with Crippen molar-refractivity contribution in [2.75, 3.05) is 13.3 Å². The number of fused-ring (bicyclic) bond motifs is 1. The van der Waals surface area contributed by atoms with Crippen molar-refractivity contribution in [1.29, 1.82) is 0 Å². The monoisotopic (exact) mass is 300 g/mol. The van der Waals surface area contributed by atoms with E-state index in [0.717, 1.165) is 17.1 Å². The zero-order chi connectivity index (χ0) is 14.0. The number of ether oxygens (including phenoxy) is 2. The summed E-state index contributed by atoms with van der Waals surface area (Å²) in [6, 6.07) is 5.35. The third-order valence-electron chi connectivity index (χ3n) is 3.27. The number of benzene rings is 1. The molecule has 0 saturated heterocycles. The highest BCUT2D eigenvalue weighted by molar-refractivity contribution is 5.85. The molecule has 0 bridgehead atoms. The molecule has 5 nitrogen and oxygen atoms in total. The first-order valence-corrected chi connectivity index (χ1v) is 6.33. The third kappa shape index (κ3) is 3.55. The fourth-order valence-electron chi connectivity index (χ4n) is 1.89. The van der Waals surface area contributed by atoms with Crippen LogP contribution in [0, 0.1) is 0 Å². The number of hydrogen-bond donors (Lipinski definition) is 2. The Morgan fingerprint density at radius 2 is 2.05 bits per heavy atom. The van der Waals surface area contributed by atoms with Crippen molar-refractivity contribution in [3.63, 3.8) is 0 Å². The lowest BCUT2D eigenvalue weighted by molar-refractivity contribution is -0.122. The second-order valence-electron chi connectivity index (χ2n) is 5.46. The van der Waals surface area contributed by atoms with E-state index in [9.17, 15) is 4.79 Å². The molecule has 0 unspecified atom stereocenters. The zero-order valence-electron chi connectivity index (χ0n) is 11.9. The number of halogens is 1. The summed E-state index contributed by atoms with van der Waals surface area (Å²) in [7, 11) is 0. The van der Waals surface area contributed by atoms with Crippen molar-refractivity contribution in [3.8, 4) is 11.5 Å². The van der Waals surface area contributed by atoms with E-state index in [1.807, 2.05) is 18.2 Å². The molecule has 1 aliphatic heterocycles. The minimum absolute atomic E-state index is 0. The molecule has 2 rings (SSSR count). The molecule has 1 amide bonds. The number of carbonyl (C=O) groups is 1. The molecule has 1 heterocycles. The maximum absolute atomic E-state index is 11.5. The normalized spacial score (nSPS) is 14.4. The van der Waals surface area contributed by atoms with Crippen LogP contribution in [0.15, 0.2) is 18.2 Å². The minimum atomic E-state index is -0.493. The molecule has 0 spiro atoms. The molecule has 0 fully saturated rings. The standard InChI is InChI=1S/C14H20N2O3.ClH/c1-9(15)13(17)16-7-14(2,3)10-4-5-11-12(6-10)19-8-18-11;/h4-6,9H,7-8,15H2,1-3H3,(H,16,17);1H/t9-;/m1./s1. The van der Waals surface area contributed by atoms with Gasteiger partial charge >= 0.3 is 0 Å². The second-order valence-corrected chi connectivity index (χ2v) is 5.46. The Morgan fingerprint density at radius 3 is 2.70 bits per heavy atom. The van der Waals surface area contributed by atoms with E-state index in [1.54, 1.807) is 6.92 Å². The maximum atomic E-state index is 11.5. The maximum Gasteiger partial charge on any atom is 0.236 e. The van der Waals surface area contributed by atoms with E-state index < -0.39 is 6.04 Å². The van der Waals surface area contributed by atoms with Crippen molar-refractivity contribution in [3.05, 3.63) is 23.8 Å². The van der Waals surface area contributed by atoms with Crippen molar-refractivity contribution >= 4 is 18.3 Å². The van der Waals surface area contributed by atoms with Gasteiger partial charge in [-0.15, -0.1) is 12.4 Å². The summed E-state index contributed by atoms with van der Waals surface area (Å²) in [6.07, 6.45) is 0. The highest BCUT2D eigenvalue weighted by Gasteiger charge is 2.25. The number of rotatable bonds is 4. The molecule has 0 radical (unpaired) electrons. The molecule has 6 heteroatoms. The molecule has 0 aromatic heterocycles. The van der Waals surface area contributed by atoms with Gasteiger partial charge in [-0.05, 0) is 24.6 Å². The fraction of sp³-hybridized carbons (Fsp3) is 0.500. The summed E-state index contributed by atoms with van der Waals surface area (Å²) in [4.78, 5) is 11.5. The highest BCUT2D eigenvalue weighted by atomic mass is 35.5. The number of carbonyl (C=O) groups excluding carboxylic acids is 1. The highest BCUT2D eigenvalue weighted by Crippen LogP contribution is 2.36. The lowest BCUT2D eigenvalue weighted by atomic mass is 9.84. The molecule has 112 valence electrons. The Labute approximate surface area is 125 Å². The van der Waals surface area contributed by atoms with E-state index in [4.69, 9.17) is 15.2 Å². The third-order valence-corrected chi connectivity index (χ3v) is 3.27. The molecule has 1 atom stereocenters. The first kappa shape index (κ1) is 16.6. The van der Waals surface area contributed by atoms with E-state index in [-0.39, 0.29) is 30.5 Å². The molecule has 1 aliphatic rings. The van der Waals surface area contributed by atoms with Crippen molar-refractivity contribution in [1.82, 2.24) is 5.32 Å². The van der Waals surface area contributed by atoms with Crippen LogP contribution in [0.1, 0.15) is 26.3 Å². The smallest absolute Gasteiger partial charge is 0.236 e. The Balaban J connectivity index is 0.00000200. The van der Waals surface area contributed by atoms with Gasteiger partial charge in [-0.1, -0.05) is 19.9 Å².